The molecule has 4 nitrogen and oxygen atoms in total. The Kier molecular flexibility index (Phi) is 2.72. The maximum atomic E-state index is 5.36. The smallest absolute Gasteiger partial charge is 0.221 e. The number of ether oxygens (including phenoxy) is 1. The van der Waals surface area contributed by atoms with Gasteiger partial charge in [0.2, 0.25) is 5.88 Å². The number of nitrogens with zero attached hydrogens (tertiary/aromatic N) is 2. The van der Waals surface area contributed by atoms with Crippen molar-refractivity contribution >= 4 is 0 Å². The molecule has 1 aromatic heterocycles. The zero-order valence-electron chi connectivity index (χ0n) is 10.5. The van der Waals surface area contributed by atoms with Crippen LogP contribution >= 0.6 is 0 Å². The van der Waals surface area contributed by atoms with E-state index in [1.165, 1.54) is 5.56 Å². The number of hydrogen-bond acceptors (Lipinski definition) is 4. The molecule has 92 valence electrons. The molecule has 3 rings (SSSR count). The summed E-state index contributed by atoms with van der Waals surface area (Å²) >= 11 is 0. The lowest BCUT2D eigenvalue weighted by Crippen LogP contribution is -2.01. The minimum absolute atomic E-state index is 0.682. The zero-order chi connectivity index (χ0) is 12.5. The summed E-state index contributed by atoms with van der Waals surface area (Å²) in [5.41, 5.74) is 4.35. The van der Waals surface area contributed by atoms with Crippen molar-refractivity contribution in [2.75, 3.05) is 7.11 Å². The quantitative estimate of drug-likeness (QED) is 0.874. The predicted octanol–water partition coefficient (Wildman–Crippen LogP) is 2.06. The SMILES string of the molecule is COc1nc(-c2cccc(C)c2)nc2c1CNC2. The highest BCUT2D eigenvalue weighted by Crippen LogP contribution is 2.27. The van der Waals surface area contributed by atoms with Gasteiger partial charge >= 0.3 is 0 Å². The first-order chi connectivity index (χ1) is 8.78. The molecule has 0 aliphatic carbocycles. The Balaban J connectivity index is 2.13. The van der Waals surface area contributed by atoms with Gasteiger partial charge in [-0.2, -0.15) is 4.98 Å². The van der Waals surface area contributed by atoms with E-state index < -0.39 is 0 Å². The van der Waals surface area contributed by atoms with Crippen LogP contribution < -0.4 is 10.1 Å². The van der Waals surface area contributed by atoms with Crippen molar-refractivity contribution in [1.82, 2.24) is 15.3 Å². The molecule has 0 saturated heterocycles. The van der Waals surface area contributed by atoms with Gasteiger partial charge in [-0.15, -0.1) is 0 Å². The second kappa shape index (κ2) is 4.38. The number of methoxy groups -OCH3 is 1. The van der Waals surface area contributed by atoms with Crippen LogP contribution in [0.15, 0.2) is 24.3 Å². The van der Waals surface area contributed by atoms with Gasteiger partial charge in [-0.3, -0.25) is 0 Å². The summed E-state index contributed by atoms with van der Waals surface area (Å²) in [7, 11) is 1.65. The van der Waals surface area contributed by atoms with E-state index in [0.29, 0.717) is 5.88 Å². The first kappa shape index (κ1) is 11.2. The lowest BCUT2D eigenvalue weighted by atomic mass is 10.1. The Morgan fingerprint density at radius 1 is 1.22 bits per heavy atom. The van der Waals surface area contributed by atoms with Crippen molar-refractivity contribution < 1.29 is 4.74 Å². The summed E-state index contributed by atoms with van der Waals surface area (Å²) in [6, 6.07) is 8.20. The van der Waals surface area contributed by atoms with Crippen molar-refractivity contribution in [2.24, 2.45) is 0 Å². The summed E-state index contributed by atoms with van der Waals surface area (Å²) in [4.78, 5) is 9.12. The standard InChI is InChI=1S/C14H15N3O/c1-9-4-3-5-10(6-9)13-16-12-8-15-7-11(12)14(17-13)18-2/h3-6,15H,7-8H2,1-2H3. The van der Waals surface area contributed by atoms with Gasteiger partial charge in [0.1, 0.15) is 0 Å². The van der Waals surface area contributed by atoms with Gasteiger partial charge in [-0.25, -0.2) is 4.98 Å². The van der Waals surface area contributed by atoms with Crippen LogP contribution in [0.1, 0.15) is 16.8 Å². The van der Waals surface area contributed by atoms with Crippen molar-refractivity contribution in [3.05, 3.63) is 41.1 Å². The number of fused-ring (bicyclic) bond motifs is 1. The molecular weight excluding hydrogens is 226 g/mol. The number of aromatic nitrogens is 2. The van der Waals surface area contributed by atoms with E-state index >= 15 is 0 Å². The molecule has 4 heteroatoms. The molecule has 1 aliphatic heterocycles. The van der Waals surface area contributed by atoms with E-state index in [-0.39, 0.29) is 0 Å². The van der Waals surface area contributed by atoms with Crippen molar-refractivity contribution in [3.8, 4) is 17.3 Å². The number of benzene rings is 1. The molecule has 1 N–H and O–H groups in total. The van der Waals surface area contributed by atoms with Crippen LogP contribution in [0.5, 0.6) is 5.88 Å². The molecule has 2 aromatic rings. The first-order valence-corrected chi connectivity index (χ1v) is 5.99. The third kappa shape index (κ3) is 1.84. The zero-order valence-corrected chi connectivity index (χ0v) is 10.5. The fourth-order valence-corrected chi connectivity index (χ4v) is 2.22. The highest BCUT2D eigenvalue weighted by molar-refractivity contribution is 5.58. The normalized spacial score (nSPS) is 13.4. The average Bonchev–Trinajstić information content (AvgIpc) is 2.85. The summed E-state index contributed by atoms with van der Waals surface area (Å²) < 4.78 is 5.36. The molecule has 0 amide bonds. The molecule has 0 atom stereocenters. The number of aryl methyl sites for hydroxylation is 1. The molecule has 0 bridgehead atoms. The molecule has 0 saturated carbocycles. The minimum Gasteiger partial charge on any atom is -0.481 e. The van der Waals surface area contributed by atoms with Crippen LogP contribution in [-0.2, 0) is 13.1 Å². The highest BCUT2D eigenvalue weighted by Gasteiger charge is 2.19. The maximum Gasteiger partial charge on any atom is 0.221 e. The second-order valence-corrected chi connectivity index (χ2v) is 4.45. The molecule has 0 radical (unpaired) electrons. The highest BCUT2D eigenvalue weighted by atomic mass is 16.5. The summed E-state index contributed by atoms with van der Waals surface area (Å²) in [6.45, 7) is 3.63. The Morgan fingerprint density at radius 2 is 2.11 bits per heavy atom. The molecule has 1 aromatic carbocycles. The molecule has 2 heterocycles. The van der Waals surface area contributed by atoms with E-state index in [1.54, 1.807) is 7.11 Å². The van der Waals surface area contributed by atoms with Crippen LogP contribution in [0.25, 0.3) is 11.4 Å². The van der Waals surface area contributed by atoms with Crippen LogP contribution in [0.4, 0.5) is 0 Å². The van der Waals surface area contributed by atoms with Gasteiger partial charge in [0.15, 0.2) is 5.82 Å². The molecular formula is C14H15N3O. The van der Waals surface area contributed by atoms with Crippen LogP contribution in [0.3, 0.4) is 0 Å². The van der Waals surface area contributed by atoms with Crippen LogP contribution in [0, 0.1) is 6.92 Å². The number of nitrogens with one attached hydrogen (secondary N) is 1. The fourth-order valence-electron chi connectivity index (χ4n) is 2.22. The molecule has 18 heavy (non-hydrogen) atoms. The molecule has 1 aliphatic rings. The Hall–Kier alpha value is -1.94. The first-order valence-electron chi connectivity index (χ1n) is 5.99. The monoisotopic (exact) mass is 241 g/mol. The second-order valence-electron chi connectivity index (χ2n) is 4.45. The van der Waals surface area contributed by atoms with Gasteiger partial charge in [0, 0.05) is 18.7 Å². The molecule has 0 spiro atoms. The summed E-state index contributed by atoms with van der Waals surface area (Å²) in [5.74, 6) is 1.42. The van der Waals surface area contributed by atoms with Gasteiger partial charge in [-0.1, -0.05) is 23.8 Å². The van der Waals surface area contributed by atoms with E-state index in [1.807, 2.05) is 12.1 Å². The Morgan fingerprint density at radius 3 is 2.89 bits per heavy atom. The topological polar surface area (TPSA) is 47.0 Å². The Bertz CT molecular complexity index is 596. The maximum absolute atomic E-state index is 5.36. The predicted molar refractivity (Wildman–Crippen MR) is 69.3 cm³/mol. The van der Waals surface area contributed by atoms with Gasteiger partial charge in [-0.05, 0) is 13.0 Å². The minimum atomic E-state index is 0.682. The lowest BCUT2D eigenvalue weighted by Gasteiger charge is -2.08. The summed E-state index contributed by atoms with van der Waals surface area (Å²) in [6.07, 6.45) is 0. The largest absolute Gasteiger partial charge is 0.481 e. The molecule has 0 fully saturated rings. The summed E-state index contributed by atoms with van der Waals surface area (Å²) in [5, 5.41) is 3.27. The third-order valence-electron chi connectivity index (χ3n) is 3.12. The fraction of sp³-hybridized carbons (Fsp3) is 0.286. The van der Waals surface area contributed by atoms with Crippen molar-refractivity contribution in [2.45, 2.75) is 20.0 Å². The Labute approximate surface area is 106 Å². The average molecular weight is 241 g/mol. The molecule has 0 unspecified atom stereocenters. The van der Waals surface area contributed by atoms with Crippen LogP contribution in [0.2, 0.25) is 0 Å². The van der Waals surface area contributed by atoms with Crippen molar-refractivity contribution in [3.63, 3.8) is 0 Å². The van der Waals surface area contributed by atoms with Gasteiger partial charge < -0.3 is 10.1 Å². The van der Waals surface area contributed by atoms with Gasteiger partial charge in [0.25, 0.3) is 0 Å². The van der Waals surface area contributed by atoms with E-state index in [4.69, 9.17) is 4.74 Å². The van der Waals surface area contributed by atoms with Gasteiger partial charge in [0.05, 0.1) is 18.4 Å². The number of hydrogen-bond donors (Lipinski definition) is 1. The third-order valence-corrected chi connectivity index (χ3v) is 3.12. The van der Waals surface area contributed by atoms with Crippen molar-refractivity contribution in [1.29, 1.82) is 0 Å². The van der Waals surface area contributed by atoms with E-state index in [2.05, 4.69) is 34.3 Å². The van der Waals surface area contributed by atoms with Crippen LogP contribution in [-0.4, -0.2) is 17.1 Å². The van der Waals surface area contributed by atoms with E-state index in [0.717, 1.165) is 35.7 Å². The van der Waals surface area contributed by atoms with E-state index in [9.17, 15) is 0 Å². The lowest BCUT2D eigenvalue weighted by molar-refractivity contribution is 0.392. The number of rotatable bonds is 2.